The van der Waals surface area contributed by atoms with Crippen molar-refractivity contribution < 1.29 is 14.7 Å². The predicted molar refractivity (Wildman–Crippen MR) is 80.7 cm³/mol. The first-order valence-corrected chi connectivity index (χ1v) is 8.16. The summed E-state index contributed by atoms with van der Waals surface area (Å²) in [4.78, 5) is 29.1. The maximum Gasteiger partial charge on any atom is 0.355 e. The minimum atomic E-state index is -1.04. The van der Waals surface area contributed by atoms with Crippen LogP contribution in [0.15, 0.2) is 5.38 Å². The van der Waals surface area contributed by atoms with Gasteiger partial charge in [-0.2, -0.15) is 0 Å². The minimum absolute atomic E-state index is 0.0288. The van der Waals surface area contributed by atoms with Crippen LogP contribution >= 0.6 is 11.3 Å². The van der Waals surface area contributed by atoms with Crippen molar-refractivity contribution in [2.24, 2.45) is 0 Å². The van der Waals surface area contributed by atoms with Gasteiger partial charge in [0.05, 0.1) is 6.04 Å². The first kappa shape index (κ1) is 15.8. The van der Waals surface area contributed by atoms with Crippen LogP contribution in [0.25, 0.3) is 0 Å². The van der Waals surface area contributed by atoms with Crippen LogP contribution in [0.4, 0.5) is 4.79 Å². The van der Waals surface area contributed by atoms with Gasteiger partial charge in [0.1, 0.15) is 5.01 Å². The second-order valence-electron chi connectivity index (χ2n) is 5.33. The van der Waals surface area contributed by atoms with Crippen LogP contribution in [0.1, 0.15) is 61.1 Å². The van der Waals surface area contributed by atoms with E-state index >= 15 is 0 Å². The molecule has 2 rings (SSSR count). The van der Waals surface area contributed by atoms with E-state index in [2.05, 4.69) is 17.2 Å². The first-order chi connectivity index (χ1) is 10.0. The van der Waals surface area contributed by atoms with Crippen LogP contribution < -0.4 is 5.32 Å². The van der Waals surface area contributed by atoms with E-state index < -0.39 is 5.97 Å². The van der Waals surface area contributed by atoms with E-state index in [0.717, 1.165) is 32.2 Å². The normalized spacial score (nSPS) is 15.5. The number of carbonyl (C=O) groups is 2. The SMILES string of the molecule is CCCCN(C(=O)NC(C)c1nc(C(=O)O)cs1)C1CC1. The summed E-state index contributed by atoms with van der Waals surface area (Å²) in [5, 5.41) is 13.9. The molecule has 6 nitrogen and oxygen atoms in total. The number of carboxylic acid groups (broad SMARTS) is 1. The molecule has 0 aliphatic heterocycles. The van der Waals surface area contributed by atoms with Crippen LogP contribution in [-0.2, 0) is 0 Å². The van der Waals surface area contributed by atoms with E-state index in [4.69, 9.17) is 5.11 Å². The molecule has 0 saturated heterocycles. The van der Waals surface area contributed by atoms with Crippen molar-refractivity contribution in [1.82, 2.24) is 15.2 Å². The van der Waals surface area contributed by atoms with Crippen LogP contribution in [0.5, 0.6) is 0 Å². The molecular weight excluding hydrogens is 290 g/mol. The molecule has 1 aromatic rings. The number of amides is 2. The topological polar surface area (TPSA) is 82.5 Å². The summed E-state index contributed by atoms with van der Waals surface area (Å²) in [7, 11) is 0. The molecule has 2 N–H and O–H groups in total. The number of thiazole rings is 1. The van der Waals surface area contributed by atoms with E-state index in [9.17, 15) is 9.59 Å². The van der Waals surface area contributed by atoms with Crippen LogP contribution in [-0.4, -0.2) is 39.6 Å². The van der Waals surface area contributed by atoms with Gasteiger partial charge in [-0.05, 0) is 26.2 Å². The Hall–Kier alpha value is -1.63. The van der Waals surface area contributed by atoms with E-state index in [-0.39, 0.29) is 17.8 Å². The van der Waals surface area contributed by atoms with Crippen molar-refractivity contribution in [3.63, 3.8) is 0 Å². The lowest BCUT2D eigenvalue weighted by atomic mass is 10.3. The Morgan fingerprint density at radius 1 is 1.57 bits per heavy atom. The smallest absolute Gasteiger partial charge is 0.355 e. The molecule has 1 aliphatic carbocycles. The quantitative estimate of drug-likeness (QED) is 0.811. The van der Waals surface area contributed by atoms with E-state index in [1.165, 1.54) is 16.7 Å². The minimum Gasteiger partial charge on any atom is -0.476 e. The number of nitrogens with one attached hydrogen (secondary N) is 1. The third kappa shape index (κ3) is 4.17. The number of carboxylic acids is 1. The molecule has 1 aliphatic rings. The Labute approximate surface area is 128 Å². The number of carbonyl (C=O) groups excluding carboxylic acids is 1. The largest absolute Gasteiger partial charge is 0.476 e. The third-order valence-electron chi connectivity index (χ3n) is 3.45. The maximum atomic E-state index is 12.3. The van der Waals surface area contributed by atoms with Crippen LogP contribution in [0, 0.1) is 0 Å². The zero-order chi connectivity index (χ0) is 15.4. The zero-order valence-corrected chi connectivity index (χ0v) is 13.2. The summed E-state index contributed by atoms with van der Waals surface area (Å²) in [6.45, 7) is 4.71. The Kier molecular flexibility index (Phi) is 5.17. The Balaban J connectivity index is 1.94. The molecular formula is C14H21N3O3S. The van der Waals surface area contributed by atoms with Crippen molar-refractivity contribution >= 4 is 23.3 Å². The number of hydrogen-bond acceptors (Lipinski definition) is 4. The van der Waals surface area contributed by atoms with Gasteiger partial charge in [-0.15, -0.1) is 11.3 Å². The van der Waals surface area contributed by atoms with E-state index in [1.54, 1.807) is 0 Å². The molecule has 1 aromatic heterocycles. The van der Waals surface area contributed by atoms with Gasteiger partial charge in [-0.25, -0.2) is 14.6 Å². The highest BCUT2D eigenvalue weighted by molar-refractivity contribution is 7.09. The molecule has 1 heterocycles. The fraction of sp³-hybridized carbons (Fsp3) is 0.643. The molecule has 1 unspecified atom stereocenters. The fourth-order valence-corrected chi connectivity index (χ4v) is 2.88. The maximum absolute atomic E-state index is 12.3. The Bertz CT molecular complexity index is 513. The molecule has 7 heteroatoms. The molecule has 0 aromatic carbocycles. The van der Waals surface area contributed by atoms with Gasteiger partial charge in [0.2, 0.25) is 0 Å². The summed E-state index contributed by atoms with van der Waals surface area (Å²) in [5.41, 5.74) is 0.0288. The summed E-state index contributed by atoms with van der Waals surface area (Å²) >= 11 is 1.26. The molecule has 116 valence electrons. The van der Waals surface area contributed by atoms with Gasteiger partial charge in [0.15, 0.2) is 5.69 Å². The number of aromatic carboxylic acids is 1. The van der Waals surface area contributed by atoms with Gasteiger partial charge >= 0.3 is 12.0 Å². The number of rotatable bonds is 7. The second-order valence-corrected chi connectivity index (χ2v) is 6.22. The van der Waals surface area contributed by atoms with E-state index in [1.807, 2.05) is 11.8 Å². The standard InChI is InChI=1S/C14H21N3O3S/c1-3-4-7-17(10-5-6-10)14(20)15-9(2)12-16-11(8-21-12)13(18)19/h8-10H,3-7H2,1-2H3,(H,15,20)(H,18,19). The summed E-state index contributed by atoms with van der Waals surface area (Å²) < 4.78 is 0. The molecule has 0 radical (unpaired) electrons. The van der Waals surface area contributed by atoms with Crippen molar-refractivity contribution in [3.8, 4) is 0 Å². The fourth-order valence-electron chi connectivity index (χ4n) is 2.08. The monoisotopic (exact) mass is 311 g/mol. The average Bonchev–Trinajstić information content (AvgIpc) is 3.14. The predicted octanol–water partition coefficient (Wildman–Crippen LogP) is 2.88. The molecule has 1 fully saturated rings. The number of unbranched alkanes of at least 4 members (excludes halogenated alkanes) is 1. The van der Waals surface area contributed by atoms with Gasteiger partial charge in [-0.3, -0.25) is 0 Å². The summed E-state index contributed by atoms with van der Waals surface area (Å²) in [5.74, 6) is -1.04. The molecule has 0 bridgehead atoms. The van der Waals surface area contributed by atoms with Gasteiger partial charge in [0, 0.05) is 18.0 Å². The molecule has 1 atom stereocenters. The van der Waals surface area contributed by atoms with Gasteiger partial charge < -0.3 is 15.3 Å². The number of nitrogens with zero attached hydrogens (tertiary/aromatic N) is 2. The van der Waals surface area contributed by atoms with Gasteiger partial charge in [0.25, 0.3) is 0 Å². The van der Waals surface area contributed by atoms with Crippen molar-refractivity contribution in [3.05, 3.63) is 16.1 Å². The molecule has 21 heavy (non-hydrogen) atoms. The zero-order valence-electron chi connectivity index (χ0n) is 12.3. The Morgan fingerprint density at radius 2 is 2.29 bits per heavy atom. The van der Waals surface area contributed by atoms with Gasteiger partial charge in [-0.1, -0.05) is 13.3 Å². The van der Waals surface area contributed by atoms with Crippen LogP contribution in [0.2, 0.25) is 0 Å². The van der Waals surface area contributed by atoms with Crippen molar-refractivity contribution in [1.29, 1.82) is 0 Å². The number of hydrogen-bond donors (Lipinski definition) is 2. The highest BCUT2D eigenvalue weighted by Crippen LogP contribution is 2.28. The lowest BCUT2D eigenvalue weighted by molar-refractivity contribution is 0.0691. The van der Waals surface area contributed by atoms with Crippen LogP contribution in [0.3, 0.4) is 0 Å². The number of aromatic nitrogens is 1. The molecule has 0 spiro atoms. The average molecular weight is 311 g/mol. The third-order valence-corrected chi connectivity index (χ3v) is 4.48. The highest BCUT2D eigenvalue weighted by atomic mass is 32.1. The lowest BCUT2D eigenvalue weighted by Crippen LogP contribution is -2.42. The first-order valence-electron chi connectivity index (χ1n) is 7.28. The van der Waals surface area contributed by atoms with Crippen molar-refractivity contribution in [2.45, 2.75) is 51.6 Å². The van der Waals surface area contributed by atoms with E-state index in [0.29, 0.717) is 11.0 Å². The summed E-state index contributed by atoms with van der Waals surface area (Å²) in [6, 6.07) is 0.0126. The summed E-state index contributed by atoms with van der Waals surface area (Å²) in [6.07, 6.45) is 4.21. The molecule has 2 amide bonds. The Morgan fingerprint density at radius 3 is 2.81 bits per heavy atom. The van der Waals surface area contributed by atoms with Crippen molar-refractivity contribution in [2.75, 3.05) is 6.54 Å². The lowest BCUT2D eigenvalue weighted by Gasteiger charge is -2.24. The highest BCUT2D eigenvalue weighted by Gasteiger charge is 2.32. The number of urea groups is 1. The second kappa shape index (κ2) is 6.89. The molecule has 1 saturated carbocycles.